The van der Waals surface area contributed by atoms with E-state index in [0.717, 1.165) is 17.0 Å². The van der Waals surface area contributed by atoms with Crippen molar-refractivity contribution in [3.8, 4) is 0 Å². The molecule has 0 saturated heterocycles. The molecule has 0 radical (unpaired) electrons. The topological polar surface area (TPSA) is 42.0 Å². The summed E-state index contributed by atoms with van der Waals surface area (Å²) in [7, 11) is 0. The monoisotopic (exact) mass is 342 g/mol. The van der Waals surface area contributed by atoms with Gasteiger partial charge in [0.15, 0.2) is 5.13 Å². The van der Waals surface area contributed by atoms with E-state index >= 15 is 0 Å². The molecule has 0 fully saturated rings. The van der Waals surface area contributed by atoms with Crippen molar-refractivity contribution in [3.63, 3.8) is 0 Å². The largest absolute Gasteiger partial charge is 0.298 e. The van der Waals surface area contributed by atoms with E-state index in [-0.39, 0.29) is 5.56 Å². The van der Waals surface area contributed by atoms with Gasteiger partial charge in [-0.15, -0.1) is 11.3 Å². The van der Waals surface area contributed by atoms with Crippen molar-refractivity contribution < 1.29 is 9.18 Å². The fraction of sp³-hybridized carbons (Fsp3) is 0.231. The summed E-state index contributed by atoms with van der Waals surface area (Å²) < 4.78 is 14.1. The number of aryl methyl sites for hydroxylation is 2. The first-order chi connectivity index (χ1) is 9.02. The molecule has 0 bridgehead atoms. The van der Waals surface area contributed by atoms with E-state index in [1.807, 2.05) is 13.8 Å². The third-order valence-corrected chi connectivity index (χ3v) is 4.23. The smallest absolute Gasteiger partial charge is 0.261 e. The molecule has 2 aromatic rings. The maximum Gasteiger partial charge on any atom is 0.261 e. The Hall–Kier alpha value is -1.27. The Balaban J connectivity index is 2.25. The predicted molar refractivity (Wildman–Crippen MR) is 78.3 cm³/mol. The second-order valence-electron chi connectivity index (χ2n) is 3.93. The number of hydrogen-bond donors (Lipinski definition) is 1. The molecule has 0 aliphatic carbocycles. The van der Waals surface area contributed by atoms with Crippen LogP contribution in [0.25, 0.3) is 0 Å². The average Bonchev–Trinajstić information content (AvgIpc) is 2.69. The SMILES string of the molecule is CCc1nc(NC(=O)c2c(F)cccc2Br)sc1C. The summed E-state index contributed by atoms with van der Waals surface area (Å²) in [5, 5.41) is 3.13. The summed E-state index contributed by atoms with van der Waals surface area (Å²) in [6, 6.07) is 4.42. The van der Waals surface area contributed by atoms with Crippen LogP contribution in [-0.2, 0) is 6.42 Å². The zero-order valence-electron chi connectivity index (χ0n) is 10.5. The third-order valence-electron chi connectivity index (χ3n) is 2.64. The lowest BCUT2D eigenvalue weighted by atomic mass is 10.2. The number of aromatic nitrogens is 1. The van der Waals surface area contributed by atoms with Crippen LogP contribution in [0.3, 0.4) is 0 Å². The van der Waals surface area contributed by atoms with E-state index in [1.54, 1.807) is 12.1 Å². The van der Waals surface area contributed by atoms with E-state index in [1.165, 1.54) is 17.4 Å². The predicted octanol–water partition coefficient (Wildman–Crippen LogP) is 4.17. The van der Waals surface area contributed by atoms with Crippen molar-refractivity contribution in [2.45, 2.75) is 20.3 Å². The number of benzene rings is 1. The van der Waals surface area contributed by atoms with E-state index < -0.39 is 11.7 Å². The van der Waals surface area contributed by atoms with Gasteiger partial charge in [0.1, 0.15) is 5.82 Å². The lowest BCUT2D eigenvalue weighted by Gasteiger charge is -2.05. The van der Waals surface area contributed by atoms with Gasteiger partial charge in [-0.3, -0.25) is 10.1 Å². The lowest BCUT2D eigenvalue weighted by Crippen LogP contribution is -2.14. The van der Waals surface area contributed by atoms with Crippen molar-refractivity contribution in [2.75, 3.05) is 5.32 Å². The van der Waals surface area contributed by atoms with Crippen LogP contribution < -0.4 is 5.32 Å². The molecular weight excluding hydrogens is 331 g/mol. The van der Waals surface area contributed by atoms with Crippen LogP contribution in [0.5, 0.6) is 0 Å². The highest BCUT2D eigenvalue weighted by molar-refractivity contribution is 9.10. The van der Waals surface area contributed by atoms with E-state index in [2.05, 4.69) is 26.2 Å². The summed E-state index contributed by atoms with van der Waals surface area (Å²) >= 11 is 4.57. The van der Waals surface area contributed by atoms with Crippen LogP contribution >= 0.6 is 27.3 Å². The number of nitrogens with one attached hydrogen (secondary N) is 1. The number of hydrogen-bond acceptors (Lipinski definition) is 3. The summed E-state index contributed by atoms with van der Waals surface area (Å²) in [4.78, 5) is 17.4. The molecule has 1 amide bonds. The molecule has 100 valence electrons. The number of halogens is 2. The summed E-state index contributed by atoms with van der Waals surface area (Å²) in [5.41, 5.74) is 0.946. The molecule has 19 heavy (non-hydrogen) atoms. The fourth-order valence-electron chi connectivity index (χ4n) is 1.68. The molecule has 3 nitrogen and oxygen atoms in total. The van der Waals surface area contributed by atoms with Crippen molar-refractivity contribution in [2.24, 2.45) is 0 Å². The molecule has 1 aromatic heterocycles. The summed E-state index contributed by atoms with van der Waals surface area (Å²) in [6.07, 6.45) is 0.807. The van der Waals surface area contributed by atoms with Crippen LogP contribution in [0.15, 0.2) is 22.7 Å². The first kappa shape index (κ1) is 14.1. The van der Waals surface area contributed by atoms with Crippen LogP contribution in [0.2, 0.25) is 0 Å². The molecule has 0 unspecified atom stereocenters. The molecule has 1 N–H and O–H groups in total. The molecule has 6 heteroatoms. The third kappa shape index (κ3) is 3.01. The standard InChI is InChI=1S/C13H12BrFN2OS/c1-3-10-7(2)19-13(16-10)17-12(18)11-8(14)5-4-6-9(11)15/h4-6H,3H2,1-2H3,(H,16,17,18). The Morgan fingerprint density at radius 1 is 1.53 bits per heavy atom. The Bertz CT molecular complexity index is 607. The van der Waals surface area contributed by atoms with Crippen LogP contribution in [0, 0.1) is 12.7 Å². The van der Waals surface area contributed by atoms with Gasteiger partial charge in [0, 0.05) is 9.35 Å². The zero-order valence-corrected chi connectivity index (χ0v) is 12.9. The maximum absolute atomic E-state index is 13.6. The summed E-state index contributed by atoms with van der Waals surface area (Å²) in [5.74, 6) is -1.06. The second kappa shape index (κ2) is 5.79. The molecule has 1 aromatic carbocycles. The van der Waals surface area contributed by atoms with Crippen molar-refractivity contribution in [3.05, 3.63) is 44.6 Å². The van der Waals surface area contributed by atoms with Gasteiger partial charge in [0.05, 0.1) is 11.3 Å². The molecule has 0 aliphatic heterocycles. The molecule has 0 atom stereocenters. The van der Waals surface area contributed by atoms with Gasteiger partial charge in [-0.2, -0.15) is 0 Å². The van der Waals surface area contributed by atoms with Crippen molar-refractivity contribution in [1.29, 1.82) is 0 Å². The number of rotatable bonds is 3. The highest BCUT2D eigenvalue weighted by Crippen LogP contribution is 2.25. The molecule has 0 spiro atoms. The van der Waals surface area contributed by atoms with Gasteiger partial charge in [0.25, 0.3) is 5.91 Å². The molecule has 0 saturated carbocycles. The van der Waals surface area contributed by atoms with E-state index in [9.17, 15) is 9.18 Å². The number of carbonyl (C=O) groups excluding carboxylic acids is 1. The Morgan fingerprint density at radius 3 is 2.84 bits per heavy atom. The van der Waals surface area contributed by atoms with Gasteiger partial charge < -0.3 is 0 Å². The molecule has 1 heterocycles. The number of anilines is 1. The summed E-state index contributed by atoms with van der Waals surface area (Å²) in [6.45, 7) is 3.95. The van der Waals surface area contributed by atoms with Crippen molar-refractivity contribution in [1.82, 2.24) is 4.98 Å². The Labute approximate surface area is 123 Å². The number of nitrogens with zero attached hydrogens (tertiary/aromatic N) is 1. The first-order valence-electron chi connectivity index (χ1n) is 5.74. The second-order valence-corrected chi connectivity index (χ2v) is 5.98. The minimum Gasteiger partial charge on any atom is -0.298 e. The highest BCUT2D eigenvalue weighted by atomic mass is 79.9. The Kier molecular flexibility index (Phi) is 4.31. The Morgan fingerprint density at radius 2 is 2.26 bits per heavy atom. The maximum atomic E-state index is 13.6. The number of carbonyl (C=O) groups is 1. The first-order valence-corrected chi connectivity index (χ1v) is 7.35. The van der Waals surface area contributed by atoms with E-state index in [4.69, 9.17) is 0 Å². The quantitative estimate of drug-likeness (QED) is 0.909. The molecule has 2 rings (SSSR count). The number of amides is 1. The van der Waals surface area contributed by atoms with Gasteiger partial charge in [0.2, 0.25) is 0 Å². The highest BCUT2D eigenvalue weighted by Gasteiger charge is 2.17. The van der Waals surface area contributed by atoms with Crippen LogP contribution in [-0.4, -0.2) is 10.9 Å². The minimum absolute atomic E-state index is 0.00611. The zero-order chi connectivity index (χ0) is 14.0. The molecule has 0 aliphatic rings. The fourth-order valence-corrected chi connectivity index (χ4v) is 3.10. The van der Waals surface area contributed by atoms with Crippen LogP contribution in [0.4, 0.5) is 9.52 Å². The van der Waals surface area contributed by atoms with Gasteiger partial charge in [-0.25, -0.2) is 9.37 Å². The normalized spacial score (nSPS) is 10.5. The minimum atomic E-state index is -0.559. The van der Waals surface area contributed by atoms with Crippen LogP contribution in [0.1, 0.15) is 27.9 Å². The van der Waals surface area contributed by atoms with Gasteiger partial charge in [-0.05, 0) is 41.4 Å². The van der Waals surface area contributed by atoms with E-state index in [0.29, 0.717) is 9.60 Å². The average molecular weight is 343 g/mol. The number of thiazole rings is 1. The van der Waals surface area contributed by atoms with Crippen molar-refractivity contribution >= 4 is 38.3 Å². The lowest BCUT2D eigenvalue weighted by molar-refractivity contribution is 0.102. The van der Waals surface area contributed by atoms with Gasteiger partial charge >= 0.3 is 0 Å². The molecular formula is C13H12BrFN2OS. The van der Waals surface area contributed by atoms with Gasteiger partial charge in [-0.1, -0.05) is 13.0 Å².